The van der Waals surface area contributed by atoms with Crippen molar-refractivity contribution in [2.45, 2.75) is 0 Å². The normalized spacial score (nSPS) is 10.8. The minimum Gasteiger partial charge on any atom is -0.439 e. The molecule has 0 spiro atoms. The molecule has 0 aliphatic heterocycles. The SMILES string of the molecule is O=C(/C=C/c1ccccc1)Nc1ccc(Oc2cc(-n3cccn3)ncn2)cc1. The summed E-state index contributed by atoms with van der Waals surface area (Å²) in [5.74, 6) is 1.39. The van der Waals surface area contributed by atoms with Crippen molar-refractivity contribution >= 4 is 17.7 Å². The van der Waals surface area contributed by atoms with Crippen molar-refractivity contribution in [1.29, 1.82) is 0 Å². The van der Waals surface area contributed by atoms with Crippen LogP contribution in [0.2, 0.25) is 0 Å². The zero-order chi connectivity index (χ0) is 19.9. The summed E-state index contributed by atoms with van der Waals surface area (Å²) in [4.78, 5) is 20.3. The van der Waals surface area contributed by atoms with Gasteiger partial charge in [0.05, 0.1) is 0 Å². The smallest absolute Gasteiger partial charge is 0.248 e. The second kappa shape index (κ2) is 8.62. The highest BCUT2D eigenvalue weighted by molar-refractivity contribution is 6.01. The molecule has 0 atom stereocenters. The number of nitrogens with one attached hydrogen (secondary N) is 1. The van der Waals surface area contributed by atoms with Gasteiger partial charge < -0.3 is 10.1 Å². The van der Waals surface area contributed by atoms with Gasteiger partial charge in [0.25, 0.3) is 0 Å². The monoisotopic (exact) mass is 383 g/mol. The van der Waals surface area contributed by atoms with E-state index >= 15 is 0 Å². The molecule has 29 heavy (non-hydrogen) atoms. The topological polar surface area (TPSA) is 81.9 Å². The van der Waals surface area contributed by atoms with Gasteiger partial charge in [-0.3, -0.25) is 4.79 Å². The maximum Gasteiger partial charge on any atom is 0.248 e. The highest BCUT2D eigenvalue weighted by atomic mass is 16.5. The fourth-order valence-corrected chi connectivity index (χ4v) is 2.56. The molecule has 7 heteroatoms. The predicted molar refractivity (Wildman–Crippen MR) is 110 cm³/mol. The van der Waals surface area contributed by atoms with Gasteiger partial charge >= 0.3 is 0 Å². The Labute approximate surface area is 167 Å². The number of carbonyl (C=O) groups is 1. The first kappa shape index (κ1) is 18.1. The second-order valence-corrected chi connectivity index (χ2v) is 6.02. The first-order valence-corrected chi connectivity index (χ1v) is 8.90. The number of amides is 1. The maximum absolute atomic E-state index is 12.1. The maximum atomic E-state index is 12.1. The van der Waals surface area contributed by atoms with E-state index in [2.05, 4.69) is 20.4 Å². The molecule has 0 saturated carbocycles. The zero-order valence-corrected chi connectivity index (χ0v) is 15.3. The van der Waals surface area contributed by atoms with Crippen molar-refractivity contribution in [3.63, 3.8) is 0 Å². The van der Waals surface area contributed by atoms with Crippen LogP contribution in [0.1, 0.15) is 5.56 Å². The fourth-order valence-electron chi connectivity index (χ4n) is 2.56. The van der Waals surface area contributed by atoms with Gasteiger partial charge in [0.1, 0.15) is 12.1 Å². The average molecular weight is 383 g/mol. The van der Waals surface area contributed by atoms with E-state index in [1.54, 1.807) is 53.5 Å². The lowest BCUT2D eigenvalue weighted by Gasteiger charge is -2.07. The van der Waals surface area contributed by atoms with E-state index in [0.717, 1.165) is 5.56 Å². The first-order chi connectivity index (χ1) is 14.3. The van der Waals surface area contributed by atoms with Crippen molar-refractivity contribution in [1.82, 2.24) is 19.7 Å². The molecule has 0 saturated heterocycles. The Balaban J connectivity index is 1.37. The molecule has 0 aliphatic carbocycles. The molecule has 2 aromatic carbocycles. The Morgan fingerprint density at radius 2 is 1.83 bits per heavy atom. The first-order valence-electron chi connectivity index (χ1n) is 8.90. The van der Waals surface area contributed by atoms with Gasteiger partial charge in [0.15, 0.2) is 5.82 Å². The van der Waals surface area contributed by atoms with Crippen LogP contribution >= 0.6 is 0 Å². The molecule has 0 bridgehead atoms. The van der Waals surface area contributed by atoms with Crippen LogP contribution in [0.15, 0.2) is 91.5 Å². The Bertz CT molecular complexity index is 1110. The Kier molecular flexibility index (Phi) is 5.39. The summed E-state index contributed by atoms with van der Waals surface area (Å²) >= 11 is 0. The van der Waals surface area contributed by atoms with Gasteiger partial charge in [-0.1, -0.05) is 30.3 Å². The van der Waals surface area contributed by atoms with Gasteiger partial charge in [0.2, 0.25) is 11.8 Å². The Hall–Kier alpha value is -4.26. The third-order valence-electron chi connectivity index (χ3n) is 3.94. The van der Waals surface area contributed by atoms with Crippen LogP contribution in [0.25, 0.3) is 11.9 Å². The highest BCUT2D eigenvalue weighted by Crippen LogP contribution is 2.22. The van der Waals surface area contributed by atoms with E-state index in [1.807, 2.05) is 36.4 Å². The summed E-state index contributed by atoms with van der Waals surface area (Å²) in [6.07, 6.45) is 8.14. The van der Waals surface area contributed by atoms with Gasteiger partial charge in [0, 0.05) is 30.2 Å². The predicted octanol–water partition coefficient (Wildman–Crippen LogP) is 4.11. The molecule has 0 aliphatic rings. The second-order valence-electron chi connectivity index (χ2n) is 6.02. The molecule has 142 valence electrons. The molecule has 1 N–H and O–H groups in total. The number of nitrogens with zero attached hydrogens (tertiary/aromatic N) is 4. The van der Waals surface area contributed by atoms with Crippen LogP contribution in [-0.2, 0) is 4.79 Å². The van der Waals surface area contributed by atoms with Gasteiger partial charge in [-0.15, -0.1) is 0 Å². The van der Waals surface area contributed by atoms with Crippen molar-refractivity contribution in [2.75, 3.05) is 5.32 Å². The number of hydrogen-bond donors (Lipinski definition) is 1. The minimum atomic E-state index is -0.206. The summed E-state index contributed by atoms with van der Waals surface area (Å²) in [6.45, 7) is 0. The average Bonchev–Trinajstić information content (AvgIpc) is 3.30. The van der Waals surface area contributed by atoms with E-state index in [1.165, 1.54) is 12.4 Å². The quantitative estimate of drug-likeness (QED) is 0.507. The number of hydrogen-bond acceptors (Lipinski definition) is 5. The third-order valence-corrected chi connectivity index (χ3v) is 3.94. The van der Waals surface area contributed by atoms with Crippen molar-refractivity contribution in [2.24, 2.45) is 0 Å². The lowest BCUT2D eigenvalue weighted by Crippen LogP contribution is -2.07. The van der Waals surface area contributed by atoms with Crippen LogP contribution in [0.5, 0.6) is 11.6 Å². The molecule has 0 unspecified atom stereocenters. The standard InChI is InChI=1S/C22H17N5O2/c28-21(12-7-17-5-2-1-3-6-17)26-18-8-10-19(11-9-18)29-22-15-20(23-16-24-22)27-14-4-13-25-27/h1-16H,(H,26,28)/b12-7+. The van der Waals surface area contributed by atoms with E-state index in [4.69, 9.17) is 4.74 Å². The van der Waals surface area contributed by atoms with Crippen molar-refractivity contribution in [3.8, 4) is 17.4 Å². The Morgan fingerprint density at radius 1 is 1.00 bits per heavy atom. The fraction of sp³-hybridized carbons (Fsp3) is 0. The molecule has 4 aromatic rings. The number of ether oxygens (including phenoxy) is 1. The minimum absolute atomic E-state index is 0.206. The van der Waals surface area contributed by atoms with Crippen LogP contribution in [-0.4, -0.2) is 25.7 Å². The lowest BCUT2D eigenvalue weighted by atomic mass is 10.2. The number of aromatic nitrogens is 4. The van der Waals surface area contributed by atoms with Gasteiger partial charge in [-0.25, -0.2) is 14.6 Å². The van der Waals surface area contributed by atoms with Crippen molar-refractivity contribution in [3.05, 3.63) is 97.1 Å². The lowest BCUT2D eigenvalue weighted by molar-refractivity contribution is -0.111. The van der Waals surface area contributed by atoms with E-state index in [9.17, 15) is 4.79 Å². The Morgan fingerprint density at radius 3 is 2.59 bits per heavy atom. The van der Waals surface area contributed by atoms with Crippen LogP contribution in [0.3, 0.4) is 0 Å². The van der Waals surface area contributed by atoms with Crippen LogP contribution in [0.4, 0.5) is 5.69 Å². The molecule has 1 amide bonds. The van der Waals surface area contributed by atoms with Crippen LogP contribution < -0.4 is 10.1 Å². The number of rotatable bonds is 6. The molecule has 0 radical (unpaired) electrons. The molecule has 2 aromatic heterocycles. The number of anilines is 1. The molecule has 7 nitrogen and oxygen atoms in total. The van der Waals surface area contributed by atoms with E-state index in [-0.39, 0.29) is 5.91 Å². The van der Waals surface area contributed by atoms with E-state index in [0.29, 0.717) is 23.1 Å². The third kappa shape index (κ3) is 4.92. The largest absolute Gasteiger partial charge is 0.439 e. The van der Waals surface area contributed by atoms with Crippen molar-refractivity contribution < 1.29 is 9.53 Å². The summed E-state index contributed by atoms with van der Waals surface area (Å²) in [6, 6.07) is 20.2. The molecular formula is C22H17N5O2. The van der Waals surface area contributed by atoms with Gasteiger partial charge in [-0.05, 0) is 42.0 Å². The van der Waals surface area contributed by atoms with E-state index < -0.39 is 0 Å². The summed E-state index contributed by atoms with van der Waals surface area (Å²) in [5.41, 5.74) is 1.63. The summed E-state index contributed by atoms with van der Waals surface area (Å²) in [5, 5.41) is 6.95. The summed E-state index contributed by atoms with van der Waals surface area (Å²) < 4.78 is 7.38. The molecule has 2 heterocycles. The molecular weight excluding hydrogens is 366 g/mol. The molecule has 0 fully saturated rings. The number of carbonyl (C=O) groups excluding carboxylic acids is 1. The molecule has 4 rings (SSSR count). The van der Waals surface area contributed by atoms with Gasteiger partial charge in [-0.2, -0.15) is 5.10 Å². The van der Waals surface area contributed by atoms with Crippen LogP contribution in [0, 0.1) is 0 Å². The summed E-state index contributed by atoms with van der Waals surface area (Å²) in [7, 11) is 0. The highest BCUT2D eigenvalue weighted by Gasteiger charge is 2.04. The number of benzene rings is 2. The zero-order valence-electron chi connectivity index (χ0n) is 15.3.